The van der Waals surface area contributed by atoms with Crippen molar-refractivity contribution in [3.8, 4) is 28.7 Å². The van der Waals surface area contributed by atoms with E-state index in [1.807, 2.05) is 12.1 Å². The molecule has 3 aromatic rings. The van der Waals surface area contributed by atoms with Crippen LogP contribution in [0.4, 0.5) is 5.69 Å². The van der Waals surface area contributed by atoms with Gasteiger partial charge in [-0.2, -0.15) is 0 Å². The number of carbonyl (C=O) groups is 1. The number of para-hydroxylation sites is 2. The van der Waals surface area contributed by atoms with Crippen molar-refractivity contribution in [2.75, 3.05) is 12.4 Å². The molecule has 6 nitrogen and oxygen atoms in total. The van der Waals surface area contributed by atoms with E-state index in [0.29, 0.717) is 23.0 Å². The monoisotopic (exact) mass is 402 g/mol. The molecule has 1 aliphatic rings. The van der Waals surface area contributed by atoms with E-state index in [1.165, 1.54) is 19.5 Å². The smallest absolute Gasteiger partial charge is 0.259 e. The van der Waals surface area contributed by atoms with Crippen LogP contribution in [0.1, 0.15) is 10.4 Å². The molecule has 2 aromatic carbocycles. The van der Waals surface area contributed by atoms with Gasteiger partial charge in [-0.25, -0.2) is 0 Å². The van der Waals surface area contributed by atoms with Gasteiger partial charge in [0.1, 0.15) is 0 Å². The number of rotatable bonds is 3. The van der Waals surface area contributed by atoms with Crippen molar-refractivity contribution in [1.82, 2.24) is 4.98 Å². The lowest BCUT2D eigenvalue weighted by atomic mass is 10.1. The molecule has 0 atom stereocenters. The fourth-order valence-electron chi connectivity index (χ4n) is 2.63. The molecule has 0 aliphatic carbocycles. The molecule has 1 amide bonds. The fraction of sp³-hybridized carbons (Fsp3) is 0.0526. The number of halogens is 2. The first kappa shape index (κ1) is 17.5. The number of fused-ring (bicyclic) bond motifs is 2. The van der Waals surface area contributed by atoms with Gasteiger partial charge in [0.15, 0.2) is 23.0 Å². The number of nitrogens with one attached hydrogen (secondary N) is 1. The van der Waals surface area contributed by atoms with E-state index in [1.54, 1.807) is 24.3 Å². The number of anilines is 1. The Morgan fingerprint density at radius 2 is 1.63 bits per heavy atom. The lowest BCUT2D eigenvalue weighted by Gasteiger charge is -2.24. The molecule has 0 spiro atoms. The number of carbonyl (C=O) groups excluding carboxylic acids is 1. The normalized spacial score (nSPS) is 11.5. The average molecular weight is 403 g/mol. The summed E-state index contributed by atoms with van der Waals surface area (Å²) in [7, 11) is 1.51. The fourth-order valence-corrected chi connectivity index (χ4v) is 3.09. The number of benzene rings is 2. The summed E-state index contributed by atoms with van der Waals surface area (Å²) in [5, 5.41) is 3.13. The predicted octanol–water partition coefficient (Wildman–Crippen LogP) is 5.55. The number of pyridine rings is 1. The summed E-state index contributed by atoms with van der Waals surface area (Å²) in [6, 6.07) is 10.3. The zero-order valence-electron chi connectivity index (χ0n) is 14.0. The lowest BCUT2D eigenvalue weighted by Crippen LogP contribution is -2.15. The highest BCUT2D eigenvalue weighted by Crippen LogP contribution is 2.51. The van der Waals surface area contributed by atoms with Crippen LogP contribution in [0.5, 0.6) is 28.7 Å². The number of aromatic nitrogens is 1. The van der Waals surface area contributed by atoms with Gasteiger partial charge in [-0.15, -0.1) is 0 Å². The van der Waals surface area contributed by atoms with Gasteiger partial charge in [-0.3, -0.25) is 9.78 Å². The number of amides is 1. The van der Waals surface area contributed by atoms with Gasteiger partial charge in [0.05, 0.1) is 28.4 Å². The molecule has 0 radical (unpaired) electrons. The first-order valence-corrected chi connectivity index (χ1v) is 8.60. The predicted molar refractivity (Wildman–Crippen MR) is 102 cm³/mol. The molecule has 0 bridgehead atoms. The first-order chi connectivity index (χ1) is 13.1. The standard InChI is InChI=1S/C19H12Cl2N2O4/c1-25-15-7-6-10(19(24)23-16-11(20)8-22-9-12(16)21)17-18(15)27-14-5-3-2-4-13(14)26-17/h2-9H,1H3,(H,22,23,24). The Kier molecular flexibility index (Phi) is 4.51. The summed E-state index contributed by atoms with van der Waals surface area (Å²) in [6.45, 7) is 0. The van der Waals surface area contributed by atoms with E-state index >= 15 is 0 Å². The quantitative estimate of drug-likeness (QED) is 0.486. The van der Waals surface area contributed by atoms with Crippen LogP contribution >= 0.6 is 23.2 Å². The van der Waals surface area contributed by atoms with Crippen LogP contribution in [-0.4, -0.2) is 18.0 Å². The van der Waals surface area contributed by atoms with E-state index in [0.717, 1.165) is 0 Å². The highest BCUT2D eigenvalue weighted by Gasteiger charge is 2.28. The molecule has 0 fully saturated rings. The van der Waals surface area contributed by atoms with Crippen molar-refractivity contribution in [2.24, 2.45) is 0 Å². The van der Waals surface area contributed by atoms with Gasteiger partial charge < -0.3 is 19.5 Å². The van der Waals surface area contributed by atoms with Gasteiger partial charge in [0, 0.05) is 12.4 Å². The van der Waals surface area contributed by atoms with Crippen LogP contribution in [0.15, 0.2) is 48.8 Å². The third kappa shape index (κ3) is 3.13. The molecule has 8 heteroatoms. The largest absolute Gasteiger partial charge is 0.493 e. The zero-order valence-corrected chi connectivity index (χ0v) is 15.5. The molecule has 0 unspecified atom stereocenters. The first-order valence-electron chi connectivity index (χ1n) is 7.84. The maximum absolute atomic E-state index is 12.9. The minimum atomic E-state index is -0.466. The Hall–Kier alpha value is -2.96. The Morgan fingerprint density at radius 3 is 2.26 bits per heavy atom. The molecule has 2 heterocycles. The number of ether oxygens (including phenoxy) is 3. The molecule has 136 valence electrons. The molecule has 1 aliphatic heterocycles. The lowest BCUT2D eigenvalue weighted by molar-refractivity contribution is 0.102. The number of hydrogen-bond donors (Lipinski definition) is 1. The Labute approximate surface area is 164 Å². The topological polar surface area (TPSA) is 69.7 Å². The molecule has 27 heavy (non-hydrogen) atoms. The Balaban J connectivity index is 1.76. The SMILES string of the molecule is COc1ccc(C(=O)Nc2c(Cl)cncc2Cl)c2c1Oc1ccccc1O2. The van der Waals surface area contributed by atoms with Crippen LogP contribution in [0.2, 0.25) is 10.0 Å². The van der Waals surface area contributed by atoms with Gasteiger partial charge >= 0.3 is 0 Å². The minimum absolute atomic E-state index is 0.223. The molecular formula is C19H12Cl2N2O4. The Morgan fingerprint density at radius 1 is 1.00 bits per heavy atom. The summed E-state index contributed by atoms with van der Waals surface area (Å²) >= 11 is 12.2. The van der Waals surface area contributed by atoms with E-state index in [-0.39, 0.29) is 27.0 Å². The van der Waals surface area contributed by atoms with Crippen LogP contribution in [0.25, 0.3) is 0 Å². The van der Waals surface area contributed by atoms with Crippen molar-refractivity contribution in [1.29, 1.82) is 0 Å². The second-order valence-corrected chi connectivity index (χ2v) is 6.37. The maximum atomic E-state index is 12.9. The average Bonchev–Trinajstić information content (AvgIpc) is 2.68. The van der Waals surface area contributed by atoms with Crippen molar-refractivity contribution in [3.05, 3.63) is 64.4 Å². The van der Waals surface area contributed by atoms with Gasteiger partial charge in [-0.1, -0.05) is 35.3 Å². The van der Waals surface area contributed by atoms with E-state index < -0.39 is 5.91 Å². The molecule has 0 saturated carbocycles. The Bertz CT molecular complexity index is 1040. The highest BCUT2D eigenvalue weighted by atomic mass is 35.5. The minimum Gasteiger partial charge on any atom is -0.493 e. The van der Waals surface area contributed by atoms with Gasteiger partial charge in [-0.05, 0) is 24.3 Å². The van der Waals surface area contributed by atoms with Crippen LogP contribution in [0, 0.1) is 0 Å². The van der Waals surface area contributed by atoms with Gasteiger partial charge in [0.2, 0.25) is 5.75 Å². The zero-order chi connectivity index (χ0) is 19.0. The summed E-state index contributed by atoms with van der Waals surface area (Å²) in [6.07, 6.45) is 2.78. The van der Waals surface area contributed by atoms with Crippen molar-refractivity contribution in [3.63, 3.8) is 0 Å². The second-order valence-electron chi connectivity index (χ2n) is 5.56. The molecule has 1 N–H and O–H groups in total. The third-order valence-electron chi connectivity index (χ3n) is 3.91. The second kappa shape index (κ2) is 6.98. The van der Waals surface area contributed by atoms with Crippen LogP contribution in [-0.2, 0) is 0 Å². The van der Waals surface area contributed by atoms with Crippen molar-refractivity contribution in [2.45, 2.75) is 0 Å². The summed E-state index contributed by atoms with van der Waals surface area (Å²) in [4.78, 5) is 16.7. The number of hydrogen-bond acceptors (Lipinski definition) is 5. The third-order valence-corrected chi connectivity index (χ3v) is 4.48. The molecule has 4 rings (SSSR count). The van der Waals surface area contributed by atoms with Gasteiger partial charge in [0.25, 0.3) is 5.91 Å². The molecular weight excluding hydrogens is 391 g/mol. The summed E-state index contributed by atoms with van der Waals surface area (Å²) < 4.78 is 17.2. The molecule has 0 saturated heterocycles. The van der Waals surface area contributed by atoms with Crippen molar-refractivity contribution >= 4 is 34.8 Å². The molecule has 1 aromatic heterocycles. The summed E-state index contributed by atoms with van der Waals surface area (Å²) in [5.41, 5.74) is 0.504. The van der Waals surface area contributed by atoms with Crippen LogP contribution < -0.4 is 19.5 Å². The van der Waals surface area contributed by atoms with E-state index in [2.05, 4.69) is 10.3 Å². The van der Waals surface area contributed by atoms with E-state index in [9.17, 15) is 4.79 Å². The van der Waals surface area contributed by atoms with Crippen molar-refractivity contribution < 1.29 is 19.0 Å². The highest BCUT2D eigenvalue weighted by molar-refractivity contribution is 6.39. The van der Waals surface area contributed by atoms with Crippen LogP contribution in [0.3, 0.4) is 0 Å². The maximum Gasteiger partial charge on any atom is 0.259 e. The number of nitrogens with zero attached hydrogens (tertiary/aromatic N) is 1. The number of methoxy groups -OCH3 is 1. The summed E-state index contributed by atoms with van der Waals surface area (Å²) in [5.74, 6) is 1.55. The van der Waals surface area contributed by atoms with E-state index in [4.69, 9.17) is 37.4 Å².